The number of hydrogen-bond donors (Lipinski definition) is 1. The maximum atomic E-state index is 12.2. The third-order valence-electron chi connectivity index (χ3n) is 10.6. The Morgan fingerprint density at radius 2 is 1.20 bits per heavy atom. The van der Waals surface area contributed by atoms with Crippen LogP contribution in [-0.4, -0.2) is 27.7 Å². The molecular weight excluding hydrogens is 701 g/mol. The molecule has 6 heteroatoms. The highest BCUT2D eigenvalue weighted by atomic mass is 28.3. The number of anilines is 3. The Bertz CT molecular complexity index is 2620. The zero-order valence-electron chi connectivity index (χ0n) is 33.2. The number of aryl methyl sites for hydroxylation is 1. The second kappa shape index (κ2) is 14.4. The summed E-state index contributed by atoms with van der Waals surface area (Å²) in [5.41, 5.74) is 12.4. The van der Waals surface area contributed by atoms with E-state index in [4.69, 9.17) is 9.97 Å². The van der Waals surface area contributed by atoms with Gasteiger partial charge in [0.2, 0.25) is 0 Å². The minimum atomic E-state index is -1.50. The van der Waals surface area contributed by atoms with E-state index in [2.05, 4.69) is 196 Å². The van der Waals surface area contributed by atoms with Gasteiger partial charge in [0.1, 0.15) is 11.6 Å². The molecule has 0 atom stereocenters. The summed E-state index contributed by atoms with van der Waals surface area (Å²) in [6.07, 6.45) is 2.06. The van der Waals surface area contributed by atoms with Gasteiger partial charge in [-0.05, 0) is 94.0 Å². The van der Waals surface area contributed by atoms with Crippen molar-refractivity contribution in [3.8, 4) is 50.6 Å². The average Bonchev–Trinajstić information content (AvgIpc) is 3.54. The van der Waals surface area contributed by atoms with Crippen molar-refractivity contribution in [3.63, 3.8) is 0 Å². The lowest BCUT2D eigenvalue weighted by atomic mass is 9.84. The lowest BCUT2D eigenvalue weighted by molar-refractivity contribution is 0.448. The van der Waals surface area contributed by atoms with Gasteiger partial charge >= 0.3 is 0 Å². The summed E-state index contributed by atoms with van der Waals surface area (Å²) >= 11 is 0. The second-order valence-corrected chi connectivity index (χ2v) is 21.7. The van der Waals surface area contributed by atoms with Crippen LogP contribution in [0.25, 0.3) is 55.9 Å². The molecule has 0 amide bonds. The molecule has 0 fully saturated rings. The summed E-state index contributed by atoms with van der Waals surface area (Å²) in [6, 6.07) is 53.0. The Labute approximate surface area is 331 Å². The van der Waals surface area contributed by atoms with Crippen molar-refractivity contribution >= 4 is 41.4 Å². The van der Waals surface area contributed by atoms with Crippen LogP contribution in [0.1, 0.15) is 26.3 Å². The molecule has 0 unspecified atom stereocenters. The topological polar surface area (TPSA) is 54.2 Å². The minimum Gasteiger partial charge on any atom is -0.507 e. The van der Waals surface area contributed by atoms with E-state index in [1.54, 1.807) is 0 Å². The summed E-state index contributed by atoms with van der Waals surface area (Å²) in [5, 5.41) is 13.5. The lowest BCUT2D eigenvalue weighted by Gasteiger charge is -2.29. The number of para-hydroxylation sites is 3. The Kier molecular flexibility index (Phi) is 9.47. The van der Waals surface area contributed by atoms with Crippen LogP contribution < -0.4 is 10.1 Å². The molecule has 56 heavy (non-hydrogen) atoms. The molecule has 0 aliphatic carbocycles. The third kappa shape index (κ3) is 7.04. The van der Waals surface area contributed by atoms with Crippen molar-refractivity contribution in [1.29, 1.82) is 0 Å². The molecule has 0 aliphatic heterocycles. The molecule has 6 aromatic carbocycles. The first-order valence-electron chi connectivity index (χ1n) is 19.3. The molecular formula is C50H48N4OSi. The molecule has 2 heterocycles. The maximum absolute atomic E-state index is 12.2. The fourth-order valence-corrected chi connectivity index (χ4v) is 8.55. The number of hydrogen-bond acceptors (Lipinski definition) is 4. The molecule has 0 radical (unpaired) electrons. The van der Waals surface area contributed by atoms with Crippen LogP contribution >= 0.6 is 0 Å². The van der Waals surface area contributed by atoms with E-state index in [-0.39, 0.29) is 11.2 Å². The first-order valence-corrected chi connectivity index (χ1v) is 22.8. The van der Waals surface area contributed by atoms with Gasteiger partial charge in [-0.2, -0.15) is 0 Å². The Morgan fingerprint density at radius 1 is 0.589 bits per heavy atom. The maximum Gasteiger partial charge on any atom is 0.144 e. The molecule has 2 aromatic heterocycles. The van der Waals surface area contributed by atoms with Crippen LogP contribution in [0.2, 0.25) is 19.6 Å². The highest BCUT2D eigenvalue weighted by Crippen LogP contribution is 2.46. The second-order valence-electron chi connectivity index (χ2n) is 16.7. The van der Waals surface area contributed by atoms with Gasteiger partial charge < -0.3 is 14.6 Å². The number of nitrogens with zero attached hydrogens (tertiary/aromatic N) is 4. The van der Waals surface area contributed by atoms with Gasteiger partial charge in [-0.25, -0.2) is 4.98 Å². The summed E-state index contributed by atoms with van der Waals surface area (Å²) in [4.78, 5) is 12.6. The number of imidazole rings is 1. The minimum absolute atomic E-state index is 0.239. The third-order valence-corrected chi connectivity index (χ3v) is 12.6. The summed E-state index contributed by atoms with van der Waals surface area (Å²) in [7, 11) is 0.538. The lowest BCUT2D eigenvalue weighted by Crippen LogP contribution is -2.37. The van der Waals surface area contributed by atoms with E-state index < -0.39 is 8.07 Å². The van der Waals surface area contributed by atoms with Crippen molar-refractivity contribution in [2.45, 2.75) is 45.8 Å². The molecule has 0 spiro atoms. The molecule has 278 valence electrons. The van der Waals surface area contributed by atoms with E-state index in [0.29, 0.717) is 11.4 Å². The monoisotopic (exact) mass is 748 g/mol. The normalized spacial score (nSPS) is 11.9. The first kappa shape index (κ1) is 36.7. The van der Waals surface area contributed by atoms with E-state index in [0.717, 1.165) is 67.2 Å². The van der Waals surface area contributed by atoms with Gasteiger partial charge in [0.15, 0.2) is 0 Å². The summed E-state index contributed by atoms with van der Waals surface area (Å²) in [5.74, 6) is 0.935. The van der Waals surface area contributed by atoms with E-state index >= 15 is 0 Å². The van der Waals surface area contributed by atoms with Gasteiger partial charge in [-0.1, -0.05) is 125 Å². The molecule has 0 saturated carbocycles. The standard InChI is InChI=1S/C50H48N4OSi/c1-50(2,3)44-32-40(54(38-20-13-9-14-21-38)39-22-15-10-16-23-39)31-43(48(44)55)49-52-47-42(24-17-25-46(47)53(49)4)36-28-35(34-18-11-8-12-19-34)29-37(30-36)45-27-26-41(33-51-45)56(5,6)7/h8-33,55H,1-7H3. The Hall–Kier alpha value is -6.24. The zero-order valence-corrected chi connectivity index (χ0v) is 34.2. The number of aromatic nitrogens is 3. The van der Waals surface area contributed by atoms with Crippen LogP contribution in [0, 0.1) is 0 Å². The van der Waals surface area contributed by atoms with Gasteiger partial charge in [0.05, 0.1) is 30.4 Å². The molecule has 1 N–H and O–H groups in total. The summed E-state index contributed by atoms with van der Waals surface area (Å²) < 4.78 is 2.11. The predicted octanol–water partition coefficient (Wildman–Crippen LogP) is 12.7. The highest BCUT2D eigenvalue weighted by Gasteiger charge is 2.27. The smallest absolute Gasteiger partial charge is 0.144 e. The zero-order chi connectivity index (χ0) is 39.2. The SMILES string of the molecule is Cn1c(-c2cc(N(c3ccccc3)c3ccccc3)cc(C(C)(C)C)c2O)nc2c(-c3cc(-c4ccccc4)cc(-c4ccc([Si](C)(C)C)cn4)c3)cccc21. The fraction of sp³-hybridized carbons (Fsp3) is 0.160. The van der Waals surface area contributed by atoms with Crippen LogP contribution in [0.3, 0.4) is 0 Å². The molecule has 8 aromatic rings. The number of phenolic OH excluding ortho intramolecular Hbond substituents is 1. The average molecular weight is 749 g/mol. The van der Waals surface area contributed by atoms with Crippen molar-refractivity contribution in [2.75, 3.05) is 4.90 Å². The quantitative estimate of drug-likeness (QED) is 0.157. The highest BCUT2D eigenvalue weighted by molar-refractivity contribution is 6.88. The van der Waals surface area contributed by atoms with Gasteiger partial charge in [0, 0.05) is 47.0 Å². The van der Waals surface area contributed by atoms with Gasteiger partial charge in [0.25, 0.3) is 0 Å². The molecule has 0 aliphatic rings. The Morgan fingerprint density at radius 3 is 1.79 bits per heavy atom. The van der Waals surface area contributed by atoms with E-state index in [9.17, 15) is 5.11 Å². The Balaban J connectivity index is 1.33. The van der Waals surface area contributed by atoms with Gasteiger partial charge in [-0.15, -0.1) is 0 Å². The van der Waals surface area contributed by atoms with Crippen LogP contribution in [0.4, 0.5) is 17.1 Å². The van der Waals surface area contributed by atoms with Crippen molar-refractivity contribution in [3.05, 3.63) is 163 Å². The van der Waals surface area contributed by atoms with E-state index in [1.807, 2.05) is 19.2 Å². The van der Waals surface area contributed by atoms with E-state index in [1.165, 1.54) is 5.19 Å². The van der Waals surface area contributed by atoms with Crippen LogP contribution in [0.5, 0.6) is 5.75 Å². The number of fused-ring (bicyclic) bond motifs is 1. The fourth-order valence-electron chi connectivity index (χ4n) is 7.52. The number of benzene rings is 6. The van der Waals surface area contributed by atoms with Crippen molar-refractivity contribution in [2.24, 2.45) is 7.05 Å². The number of aromatic hydroxyl groups is 1. The first-order chi connectivity index (χ1) is 26.9. The number of rotatable bonds is 8. The van der Waals surface area contributed by atoms with Crippen LogP contribution in [0.15, 0.2) is 158 Å². The molecule has 0 saturated heterocycles. The number of pyridine rings is 1. The van der Waals surface area contributed by atoms with Crippen LogP contribution in [-0.2, 0) is 12.5 Å². The molecule has 0 bridgehead atoms. The van der Waals surface area contributed by atoms with Crippen molar-refractivity contribution in [1.82, 2.24) is 14.5 Å². The molecule has 5 nitrogen and oxygen atoms in total. The summed E-state index contributed by atoms with van der Waals surface area (Å²) in [6.45, 7) is 13.5. The predicted molar refractivity (Wildman–Crippen MR) is 238 cm³/mol. The van der Waals surface area contributed by atoms with Gasteiger partial charge in [-0.3, -0.25) is 4.98 Å². The largest absolute Gasteiger partial charge is 0.507 e. The number of phenols is 1. The van der Waals surface area contributed by atoms with Crippen molar-refractivity contribution < 1.29 is 5.11 Å². The molecule has 8 rings (SSSR count).